The van der Waals surface area contributed by atoms with E-state index in [9.17, 15) is 4.79 Å². The summed E-state index contributed by atoms with van der Waals surface area (Å²) in [4.78, 5) is 20.7. The van der Waals surface area contributed by atoms with Crippen molar-refractivity contribution in [2.45, 2.75) is 6.92 Å². The van der Waals surface area contributed by atoms with Crippen molar-refractivity contribution >= 4 is 40.6 Å². The number of carbonyl (C=O) groups is 1. The number of aromatic nitrogens is 1. The predicted octanol–water partition coefficient (Wildman–Crippen LogP) is 3.47. The van der Waals surface area contributed by atoms with Gasteiger partial charge in [0.1, 0.15) is 0 Å². The summed E-state index contributed by atoms with van der Waals surface area (Å²) in [5, 5.41) is 3.70. The fourth-order valence-electron chi connectivity index (χ4n) is 2.58. The maximum absolute atomic E-state index is 12.3. The quantitative estimate of drug-likeness (QED) is 0.798. The monoisotopic (exact) mass is 347 g/mol. The molecule has 0 unspecified atom stereocenters. The molecule has 0 radical (unpaired) electrons. The first-order valence-electron chi connectivity index (χ1n) is 7.51. The summed E-state index contributed by atoms with van der Waals surface area (Å²) in [7, 11) is 0. The van der Waals surface area contributed by atoms with Crippen LogP contribution in [-0.4, -0.2) is 42.0 Å². The van der Waals surface area contributed by atoms with E-state index in [0.717, 1.165) is 34.5 Å². The van der Waals surface area contributed by atoms with Gasteiger partial charge < -0.3 is 9.80 Å². The minimum atomic E-state index is 0.0430. The van der Waals surface area contributed by atoms with Gasteiger partial charge in [0.15, 0.2) is 0 Å². The molecule has 6 heteroatoms. The normalized spacial score (nSPS) is 15.4. The average Bonchev–Trinajstić information content (AvgIpc) is 2.98. The maximum atomic E-state index is 12.3. The molecular formula is C17H18ClN3OS. The van der Waals surface area contributed by atoms with Gasteiger partial charge in [-0.3, -0.25) is 4.79 Å². The summed E-state index contributed by atoms with van der Waals surface area (Å²) >= 11 is 7.62. The van der Waals surface area contributed by atoms with Crippen LogP contribution in [0.25, 0.3) is 6.08 Å². The Hall–Kier alpha value is -1.85. The van der Waals surface area contributed by atoms with Crippen molar-refractivity contribution in [3.05, 3.63) is 51.4 Å². The van der Waals surface area contributed by atoms with Crippen molar-refractivity contribution < 1.29 is 4.79 Å². The van der Waals surface area contributed by atoms with Gasteiger partial charge in [0.25, 0.3) is 0 Å². The van der Waals surface area contributed by atoms with Crippen molar-refractivity contribution in [1.82, 2.24) is 9.88 Å². The predicted molar refractivity (Wildman–Crippen MR) is 96.1 cm³/mol. The molecule has 120 valence electrons. The van der Waals surface area contributed by atoms with Crippen LogP contribution >= 0.6 is 22.9 Å². The zero-order valence-electron chi connectivity index (χ0n) is 12.9. The van der Waals surface area contributed by atoms with Gasteiger partial charge in [-0.2, -0.15) is 0 Å². The number of amides is 1. The summed E-state index contributed by atoms with van der Waals surface area (Å²) in [5.74, 6) is 0.0430. The third kappa shape index (κ3) is 4.12. The minimum Gasteiger partial charge on any atom is -0.368 e. The van der Waals surface area contributed by atoms with Crippen molar-refractivity contribution in [2.24, 2.45) is 0 Å². The third-order valence-electron chi connectivity index (χ3n) is 3.80. The minimum absolute atomic E-state index is 0.0430. The molecule has 1 saturated heterocycles. The Morgan fingerprint density at radius 1 is 1.30 bits per heavy atom. The summed E-state index contributed by atoms with van der Waals surface area (Å²) in [6, 6.07) is 7.83. The van der Waals surface area contributed by atoms with Crippen LogP contribution in [0.2, 0.25) is 5.02 Å². The second-order valence-electron chi connectivity index (χ2n) is 5.42. The van der Waals surface area contributed by atoms with Crippen LogP contribution in [0.5, 0.6) is 0 Å². The van der Waals surface area contributed by atoms with Crippen molar-refractivity contribution in [3.8, 4) is 0 Å². The van der Waals surface area contributed by atoms with E-state index < -0.39 is 0 Å². The number of rotatable bonds is 3. The van der Waals surface area contributed by atoms with E-state index in [2.05, 4.69) is 9.88 Å². The van der Waals surface area contributed by atoms with Gasteiger partial charge in [0, 0.05) is 48.3 Å². The van der Waals surface area contributed by atoms with E-state index in [-0.39, 0.29) is 5.91 Å². The first-order chi connectivity index (χ1) is 11.1. The Morgan fingerprint density at radius 3 is 2.74 bits per heavy atom. The highest BCUT2D eigenvalue weighted by Gasteiger charge is 2.19. The number of nitrogens with zero attached hydrogens (tertiary/aromatic N) is 3. The van der Waals surface area contributed by atoms with Gasteiger partial charge in [0.05, 0.1) is 10.7 Å². The van der Waals surface area contributed by atoms with E-state index in [0.29, 0.717) is 13.1 Å². The molecule has 0 bridgehead atoms. The smallest absolute Gasteiger partial charge is 0.246 e. The zero-order valence-corrected chi connectivity index (χ0v) is 14.5. The lowest BCUT2D eigenvalue weighted by molar-refractivity contribution is -0.126. The SMILES string of the molecule is Cc1nc(/C=C/C(=O)N2CCN(c3cccc(Cl)c3)CC2)cs1. The Balaban J connectivity index is 1.56. The van der Waals surface area contributed by atoms with Crippen molar-refractivity contribution in [1.29, 1.82) is 0 Å². The molecule has 4 nitrogen and oxygen atoms in total. The summed E-state index contributed by atoms with van der Waals surface area (Å²) in [6.45, 7) is 5.02. The van der Waals surface area contributed by atoms with Gasteiger partial charge in [-0.25, -0.2) is 4.98 Å². The van der Waals surface area contributed by atoms with Crippen LogP contribution in [-0.2, 0) is 4.79 Å². The van der Waals surface area contributed by atoms with Crippen LogP contribution < -0.4 is 4.90 Å². The number of halogens is 1. The van der Waals surface area contributed by atoms with Crippen molar-refractivity contribution in [3.63, 3.8) is 0 Å². The standard InChI is InChI=1S/C17H18ClN3OS/c1-13-19-15(12-23-13)5-6-17(22)21-9-7-20(8-10-21)16-4-2-3-14(18)11-16/h2-6,11-12H,7-10H2,1H3/b6-5+. The van der Waals surface area contributed by atoms with Gasteiger partial charge in [0.2, 0.25) is 5.91 Å². The first-order valence-corrected chi connectivity index (χ1v) is 8.77. The molecule has 0 aliphatic carbocycles. The molecule has 1 aliphatic rings. The molecular weight excluding hydrogens is 330 g/mol. The molecule has 1 aromatic carbocycles. The highest BCUT2D eigenvalue weighted by molar-refractivity contribution is 7.09. The molecule has 2 heterocycles. The number of anilines is 1. The van der Waals surface area contributed by atoms with Crippen LogP contribution in [0.4, 0.5) is 5.69 Å². The van der Waals surface area contributed by atoms with Crippen LogP contribution in [0.1, 0.15) is 10.7 Å². The highest BCUT2D eigenvalue weighted by Crippen LogP contribution is 2.21. The number of piperazine rings is 1. The topological polar surface area (TPSA) is 36.4 Å². The molecule has 1 aromatic heterocycles. The fourth-order valence-corrected chi connectivity index (χ4v) is 3.34. The van der Waals surface area contributed by atoms with Gasteiger partial charge >= 0.3 is 0 Å². The lowest BCUT2D eigenvalue weighted by Gasteiger charge is -2.35. The number of aryl methyl sites for hydroxylation is 1. The molecule has 0 saturated carbocycles. The van der Waals surface area contributed by atoms with E-state index in [1.807, 2.05) is 41.5 Å². The summed E-state index contributed by atoms with van der Waals surface area (Å²) in [6.07, 6.45) is 3.40. The zero-order chi connectivity index (χ0) is 16.2. The second-order valence-corrected chi connectivity index (χ2v) is 6.92. The lowest BCUT2D eigenvalue weighted by atomic mass is 10.2. The number of thiazole rings is 1. The molecule has 1 amide bonds. The van der Waals surface area contributed by atoms with Gasteiger partial charge in [-0.1, -0.05) is 17.7 Å². The van der Waals surface area contributed by atoms with E-state index >= 15 is 0 Å². The number of hydrogen-bond donors (Lipinski definition) is 0. The third-order valence-corrected chi connectivity index (χ3v) is 4.82. The molecule has 0 N–H and O–H groups in total. The molecule has 0 atom stereocenters. The second kappa shape index (κ2) is 7.15. The molecule has 1 fully saturated rings. The molecule has 3 rings (SSSR count). The van der Waals surface area contributed by atoms with Crippen LogP contribution in [0.15, 0.2) is 35.7 Å². The van der Waals surface area contributed by atoms with E-state index in [1.165, 1.54) is 0 Å². The van der Waals surface area contributed by atoms with Crippen molar-refractivity contribution in [2.75, 3.05) is 31.1 Å². The molecule has 23 heavy (non-hydrogen) atoms. The average molecular weight is 348 g/mol. The Morgan fingerprint density at radius 2 is 2.09 bits per heavy atom. The lowest BCUT2D eigenvalue weighted by Crippen LogP contribution is -2.48. The Kier molecular flexibility index (Phi) is 4.98. The molecule has 1 aliphatic heterocycles. The fraction of sp³-hybridized carbons (Fsp3) is 0.294. The van der Waals surface area contributed by atoms with E-state index in [4.69, 9.17) is 11.6 Å². The van der Waals surface area contributed by atoms with Crippen LogP contribution in [0.3, 0.4) is 0 Å². The number of hydrogen-bond acceptors (Lipinski definition) is 4. The van der Waals surface area contributed by atoms with Crippen LogP contribution in [0, 0.1) is 6.92 Å². The maximum Gasteiger partial charge on any atom is 0.246 e. The summed E-state index contributed by atoms with van der Waals surface area (Å²) < 4.78 is 0. The van der Waals surface area contributed by atoms with Gasteiger partial charge in [-0.05, 0) is 31.2 Å². The molecule has 0 spiro atoms. The first kappa shape index (κ1) is 16.0. The van der Waals surface area contributed by atoms with Gasteiger partial charge in [-0.15, -0.1) is 11.3 Å². The van der Waals surface area contributed by atoms with E-state index in [1.54, 1.807) is 23.5 Å². The largest absolute Gasteiger partial charge is 0.368 e. The Bertz CT molecular complexity index is 720. The molecule has 2 aromatic rings. The summed E-state index contributed by atoms with van der Waals surface area (Å²) in [5.41, 5.74) is 1.96. The Labute approximate surface area is 145 Å². The highest BCUT2D eigenvalue weighted by atomic mass is 35.5. The number of benzene rings is 1. The number of carbonyl (C=O) groups excluding carboxylic acids is 1.